The van der Waals surface area contributed by atoms with Crippen molar-refractivity contribution in [3.05, 3.63) is 23.2 Å². The summed E-state index contributed by atoms with van der Waals surface area (Å²) < 4.78 is 0. The maximum absolute atomic E-state index is 12.1. The summed E-state index contributed by atoms with van der Waals surface area (Å²) in [5.41, 5.74) is 0.710. The van der Waals surface area contributed by atoms with Gasteiger partial charge in [0.2, 0.25) is 0 Å². The molecule has 7 heteroatoms. The topological polar surface area (TPSA) is 47.6 Å². The van der Waals surface area contributed by atoms with Crippen LogP contribution >= 0.6 is 23.4 Å². The van der Waals surface area contributed by atoms with Gasteiger partial charge in [0.05, 0.1) is 5.02 Å². The Kier molecular flexibility index (Phi) is 7.68. The fraction of sp³-hybridized carbons (Fsp3) is 0.588. The van der Waals surface area contributed by atoms with E-state index >= 15 is 0 Å². The summed E-state index contributed by atoms with van der Waals surface area (Å²) in [7, 11) is 2.16. The van der Waals surface area contributed by atoms with Gasteiger partial charge in [0, 0.05) is 49.3 Å². The number of anilines is 1. The maximum atomic E-state index is 12.1. The number of rotatable bonds is 6. The van der Waals surface area contributed by atoms with Crippen molar-refractivity contribution in [1.29, 1.82) is 0 Å². The molecule has 1 aliphatic heterocycles. The monoisotopic (exact) mass is 370 g/mol. The number of carbonyl (C=O) groups is 1. The van der Waals surface area contributed by atoms with Crippen LogP contribution < -0.4 is 10.6 Å². The first-order valence-electron chi connectivity index (χ1n) is 8.30. The molecule has 134 valence electrons. The predicted molar refractivity (Wildman–Crippen MR) is 103 cm³/mol. The van der Waals surface area contributed by atoms with Gasteiger partial charge in [-0.3, -0.25) is 0 Å². The van der Waals surface area contributed by atoms with Crippen molar-refractivity contribution in [3.63, 3.8) is 0 Å². The molecular weight excluding hydrogens is 344 g/mol. The lowest BCUT2D eigenvalue weighted by atomic mass is 10.2. The van der Waals surface area contributed by atoms with Gasteiger partial charge < -0.3 is 20.4 Å². The number of halogens is 1. The summed E-state index contributed by atoms with van der Waals surface area (Å²) in [4.78, 5) is 17.9. The molecule has 0 saturated carbocycles. The summed E-state index contributed by atoms with van der Waals surface area (Å²) >= 11 is 7.75. The van der Waals surface area contributed by atoms with E-state index in [1.807, 2.05) is 25.3 Å². The number of urea groups is 1. The van der Waals surface area contributed by atoms with E-state index in [1.165, 1.54) is 0 Å². The fourth-order valence-electron chi connectivity index (χ4n) is 2.65. The van der Waals surface area contributed by atoms with E-state index in [-0.39, 0.29) is 12.1 Å². The zero-order valence-electron chi connectivity index (χ0n) is 14.6. The smallest absolute Gasteiger partial charge is 0.319 e. The Morgan fingerprint density at radius 1 is 1.33 bits per heavy atom. The molecule has 1 aromatic carbocycles. The van der Waals surface area contributed by atoms with Gasteiger partial charge in [0.1, 0.15) is 0 Å². The van der Waals surface area contributed by atoms with E-state index in [2.05, 4.69) is 27.5 Å². The molecule has 0 unspecified atom stereocenters. The van der Waals surface area contributed by atoms with Gasteiger partial charge in [0.15, 0.2) is 0 Å². The normalized spacial score (nSPS) is 17.5. The highest BCUT2D eigenvalue weighted by molar-refractivity contribution is 7.98. The van der Waals surface area contributed by atoms with Crippen LogP contribution in [0.1, 0.15) is 13.3 Å². The van der Waals surface area contributed by atoms with E-state index in [1.54, 1.807) is 17.8 Å². The number of thioether (sulfide) groups is 1. The standard InChI is InChI=1S/C17H27ClN4OS/c1-13(6-7-22-10-8-21(2)9-11-22)19-17(23)20-14-4-5-16(24-3)15(18)12-14/h4-5,12-13H,6-11H2,1-3H3,(H2,19,20,23)/t13-/m0/s1. The van der Waals surface area contributed by atoms with Crippen LogP contribution in [0.4, 0.5) is 10.5 Å². The van der Waals surface area contributed by atoms with Crippen molar-refractivity contribution >= 4 is 35.1 Å². The van der Waals surface area contributed by atoms with Crippen LogP contribution in [0.3, 0.4) is 0 Å². The quantitative estimate of drug-likeness (QED) is 0.755. The number of piperazine rings is 1. The summed E-state index contributed by atoms with van der Waals surface area (Å²) in [6.07, 6.45) is 2.92. The number of nitrogens with one attached hydrogen (secondary N) is 2. The van der Waals surface area contributed by atoms with Crippen LogP contribution in [0.15, 0.2) is 23.1 Å². The lowest BCUT2D eigenvalue weighted by molar-refractivity contribution is 0.150. The number of amides is 2. The van der Waals surface area contributed by atoms with Crippen molar-refractivity contribution in [2.24, 2.45) is 0 Å². The first-order valence-corrected chi connectivity index (χ1v) is 9.90. The van der Waals surface area contributed by atoms with Gasteiger partial charge in [-0.15, -0.1) is 11.8 Å². The van der Waals surface area contributed by atoms with E-state index in [4.69, 9.17) is 11.6 Å². The van der Waals surface area contributed by atoms with Crippen molar-refractivity contribution in [2.75, 3.05) is 51.3 Å². The third-order valence-corrected chi connectivity index (χ3v) is 5.48. The van der Waals surface area contributed by atoms with Gasteiger partial charge in [-0.1, -0.05) is 11.6 Å². The number of carbonyl (C=O) groups excluding carboxylic acids is 1. The number of nitrogens with zero attached hydrogens (tertiary/aromatic N) is 2. The molecule has 2 rings (SSSR count). The Hall–Kier alpha value is -0.950. The average Bonchev–Trinajstić information content (AvgIpc) is 2.54. The predicted octanol–water partition coefficient (Wildman–Crippen LogP) is 3.21. The molecule has 1 fully saturated rings. The Bertz CT molecular complexity index is 549. The second kappa shape index (κ2) is 9.51. The van der Waals surface area contributed by atoms with Crippen molar-refractivity contribution in [3.8, 4) is 0 Å². The van der Waals surface area contributed by atoms with Crippen LogP contribution in [-0.4, -0.2) is 67.9 Å². The Labute approximate surface area is 154 Å². The SMILES string of the molecule is CSc1ccc(NC(=O)N[C@@H](C)CCN2CCN(C)CC2)cc1Cl. The largest absolute Gasteiger partial charge is 0.335 e. The summed E-state index contributed by atoms with van der Waals surface area (Å²) in [5, 5.41) is 6.49. The third kappa shape index (κ3) is 6.16. The molecule has 1 aromatic rings. The van der Waals surface area contributed by atoms with E-state index in [9.17, 15) is 4.79 Å². The van der Waals surface area contributed by atoms with Crippen LogP contribution in [0.25, 0.3) is 0 Å². The van der Waals surface area contributed by atoms with Crippen LogP contribution in [0.5, 0.6) is 0 Å². The molecule has 0 bridgehead atoms. The van der Waals surface area contributed by atoms with Crippen molar-refractivity contribution in [1.82, 2.24) is 15.1 Å². The molecule has 24 heavy (non-hydrogen) atoms. The fourth-order valence-corrected chi connectivity index (χ4v) is 3.53. The molecule has 0 radical (unpaired) electrons. The molecule has 2 N–H and O–H groups in total. The first-order chi connectivity index (χ1) is 11.5. The van der Waals surface area contributed by atoms with Gasteiger partial charge in [-0.2, -0.15) is 0 Å². The van der Waals surface area contributed by atoms with E-state index in [0.29, 0.717) is 10.7 Å². The Balaban J connectivity index is 1.72. The lowest BCUT2D eigenvalue weighted by Gasteiger charge is -2.32. The number of likely N-dealkylation sites (N-methyl/N-ethyl adjacent to an activating group) is 1. The molecule has 0 aromatic heterocycles. The molecule has 1 heterocycles. The summed E-state index contributed by atoms with van der Waals surface area (Å²) in [5.74, 6) is 0. The van der Waals surface area contributed by atoms with Crippen LogP contribution in [0, 0.1) is 0 Å². The Morgan fingerprint density at radius 3 is 2.67 bits per heavy atom. The highest BCUT2D eigenvalue weighted by atomic mass is 35.5. The minimum absolute atomic E-state index is 0.130. The second-order valence-electron chi connectivity index (χ2n) is 6.28. The zero-order chi connectivity index (χ0) is 17.5. The van der Waals surface area contributed by atoms with E-state index in [0.717, 1.165) is 44.0 Å². The van der Waals surface area contributed by atoms with Gasteiger partial charge >= 0.3 is 6.03 Å². The molecular formula is C17H27ClN4OS. The van der Waals surface area contributed by atoms with E-state index < -0.39 is 0 Å². The molecule has 1 atom stereocenters. The van der Waals surface area contributed by atoms with Gasteiger partial charge in [-0.05, 0) is 44.8 Å². The van der Waals surface area contributed by atoms with Crippen LogP contribution in [-0.2, 0) is 0 Å². The third-order valence-electron chi connectivity index (χ3n) is 4.26. The zero-order valence-corrected chi connectivity index (χ0v) is 16.2. The van der Waals surface area contributed by atoms with Gasteiger partial charge in [0.25, 0.3) is 0 Å². The molecule has 0 aliphatic carbocycles. The van der Waals surface area contributed by atoms with Crippen molar-refractivity contribution < 1.29 is 4.79 Å². The minimum atomic E-state index is -0.186. The summed E-state index contributed by atoms with van der Waals surface area (Å²) in [6.45, 7) is 7.51. The lowest BCUT2D eigenvalue weighted by Crippen LogP contribution is -2.46. The molecule has 1 saturated heterocycles. The summed E-state index contributed by atoms with van der Waals surface area (Å²) in [6, 6.07) is 5.51. The molecule has 0 spiro atoms. The second-order valence-corrected chi connectivity index (χ2v) is 7.54. The van der Waals surface area contributed by atoms with Crippen LogP contribution in [0.2, 0.25) is 5.02 Å². The molecule has 5 nitrogen and oxygen atoms in total. The molecule has 2 amide bonds. The molecule has 1 aliphatic rings. The highest BCUT2D eigenvalue weighted by Crippen LogP contribution is 2.27. The number of hydrogen-bond acceptors (Lipinski definition) is 4. The Morgan fingerprint density at radius 2 is 2.04 bits per heavy atom. The highest BCUT2D eigenvalue weighted by Gasteiger charge is 2.15. The average molecular weight is 371 g/mol. The van der Waals surface area contributed by atoms with Gasteiger partial charge in [-0.25, -0.2) is 4.79 Å². The number of hydrogen-bond donors (Lipinski definition) is 2. The maximum Gasteiger partial charge on any atom is 0.319 e. The number of benzene rings is 1. The van der Waals surface area contributed by atoms with Crippen molar-refractivity contribution in [2.45, 2.75) is 24.3 Å². The minimum Gasteiger partial charge on any atom is -0.335 e. The first kappa shape index (κ1) is 19.4.